The summed E-state index contributed by atoms with van der Waals surface area (Å²) < 4.78 is 20.7. The number of rotatable bonds is 6. The lowest BCUT2D eigenvalue weighted by Gasteiger charge is -2.26. The zero-order valence-electron chi connectivity index (χ0n) is 19.5. The summed E-state index contributed by atoms with van der Waals surface area (Å²) in [6, 6.07) is 16.5. The van der Waals surface area contributed by atoms with E-state index in [1.807, 2.05) is 0 Å². The summed E-state index contributed by atoms with van der Waals surface area (Å²) in [4.78, 5) is 43.6. The molecule has 11 heteroatoms. The molecule has 1 amide bonds. The molecule has 0 bridgehead atoms. The SMILES string of the molecule is O=C(c1ccc2c(=O)n(-c3cccc(F)c3)c(SCc3cccc([N+](=O)[O-])c3)nc2c1)N1CCOCC1. The molecule has 4 aromatic rings. The minimum atomic E-state index is -0.509. The van der Waals surface area contributed by atoms with E-state index in [0.29, 0.717) is 48.6 Å². The zero-order valence-corrected chi connectivity index (χ0v) is 20.3. The Bertz CT molecular complexity index is 1570. The van der Waals surface area contributed by atoms with Crippen LogP contribution in [0, 0.1) is 15.9 Å². The van der Waals surface area contributed by atoms with Crippen molar-refractivity contribution in [1.82, 2.24) is 14.5 Å². The number of thioether (sulfide) groups is 1. The third kappa shape index (κ3) is 5.23. The van der Waals surface area contributed by atoms with Gasteiger partial charge in [-0.3, -0.25) is 24.3 Å². The van der Waals surface area contributed by atoms with Gasteiger partial charge in [0.15, 0.2) is 5.16 Å². The van der Waals surface area contributed by atoms with Gasteiger partial charge in [0.05, 0.1) is 34.7 Å². The van der Waals surface area contributed by atoms with Crippen molar-refractivity contribution in [2.24, 2.45) is 0 Å². The van der Waals surface area contributed by atoms with Crippen molar-refractivity contribution >= 4 is 34.3 Å². The van der Waals surface area contributed by atoms with Crippen molar-refractivity contribution < 1.29 is 18.8 Å². The van der Waals surface area contributed by atoms with Gasteiger partial charge in [0.1, 0.15) is 5.82 Å². The van der Waals surface area contributed by atoms with Crippen molar-refractivity contribution in [3.05, 3.63) is 104 Å². The summed E-state index contributed by atoms with van der Waals surface area (Å²) in [7, 11) is 0. The number of carbonyl (C=O) groups is 1. The summed E-state index contributed by atoms with van der Waals surface area (Å²) in [5, 5.41) is 11.7. The first-order chi connectivity index (χ1) is 17.9. The maximum atomic E-state index is 14.1. The molecule has 0 aliphatic carbocycles. The number of nitro groups is 1. The molecule has 1 saturated heterocycles. The highest BCUT2D eigenvalue weighted by molar-refractivity contribution is 7.98. The van der Waals surface area contributed by atoms with Crippen LogP contribution >= 0.6 is 11.8 Å². The number of carbonyl (C=O) groups excluding carboxylic acids is 1. The fourth-order valence-electron chi connectivity index (χ4n) is 4.09. The fraction of sp³-hybridized carbons (Fsp3) is 0.192. The van der Waals surface area contributed by atoms with Crippen molar-refractivity contribution in [2.75, 3.05) is 26.3 Å². The van der Waals surface area contributed by atoms with E-state index < -0.39 is 16.3 Å². The van der Waals surface area contributed by atoms with E-state index in [4.69, 9.17) is 4.74 Å². The van der Waals surface area contributed by atoms with Crippen molar-refractivity contribution in [3.8, 4) is 5.69 Å². The topological polar surface area (TPSA) is 108 Å². The highest BCUT2D eigenvalue weighted by atomic mass is 32.2. The van der Waals surface area contributed by atoms with Crippen LogP contribution in [0.15, 0.2) is 76.7 Å². The Balaban J connectivity index is 1.58. The molecule has 0 atom stereocenters. The first-order valence-corrected chi connectivity index (χ1v) is 12.5. The molecule has 188 valence electrons. The summed E-state index contributed by atoms with van der Waals surface area (Å²) in [5.41, 5.74) is 1.24. The number of aromatic nitrogens is 2. The van der Waals surface area contributed by atoms with Crippen molar-refractivity contribution in [1.29, 1.82) is 0 Å². The molecule has 5 rings (SSSR count). The van der Waals surface area contributed by atoms with Crippen LogP contribution in [0.1, 0.15) is 15.9 Å². The van der Waals surface area contributed by atoms with Crippen LogP contribution in [-0.4, -0.2) is 51.6 Å². The highest BCUT2D eigenvalue weighted by Crippen LogP contribution is 2.27. The Morgan fingerprint density at radius 2 is 1.86 bits per heavy atom. The number of ether oxygens (including phenoxy) is 1. The smallest absolute Gasteiger partial charge is 0.269 e. The number of nitrogens with zero attached hydrogens (tertiary/aromatic N) is 4. The molecule has 0 unspecified atom stereocenters. The van der Waals surface area contributed by atoms with Gasteiger partial charge in [-0.25, -0.2) is 9.37 Å². The molecular weight excluding hydrogens is 499 g/mol. The predicted octanol–water partition coefficient (Wildman–Crippen LogP) is 4.20. The summed E-state index contributed by atoms with van der Waals surface area (Å²) >= 11 is 1.19. The Hall–Kier alpha value is -4.09. The lowest BCUT2D eigenvalue weighted by atomic mass is 10.1. The van der Waals surface area contributed by atoms with Gasteiger partial charge in [0.2, 0.25) is 0 Å². The monoisotopic (exact) mass is 520 g/mol. The highest BCUT2D eigenvalue weighted by Gasteiger charge is 2.21. The second-order valence-electron chi connectivity index (χ2n) is 8.37. The van der Waals surface area contributed by atoms with Gasteiger partial charge in [-0.2, -0.15) is 0 Å². The Morgan fingerprint density at radius 1 is 1.08 bits per heavy atom. The molecule has 9 nitrogen and oxygen atoms in total. The van der Waals surface area contributed by atoms with Gasteiger partial charge in [-0.05, 0) is 42.0 Å². The minimum Gasteiger partial charge on any atom is -0.378 e. The normalized spacial score (nSPS) is 13.6. The van der Waals surface area contributed by atoms with Crippen molar-refractivity contribution in [3.63, 3.8) is 0 Å². The van der Waals surface area contributed by atoms with Crippen LogP contribution in [0.3, 0.4) is 0 Å². The second kappa shape index (κ2) is 10.5. The standard InChI is InChI=1S/C26H21FN4O5S/c27-19-4-2-5-20(15-19)30-25(33)22-8-7-18(24(32)29-9-11-36-12-10-29)14-23(22)28-26(30)37-16-17-3-1-6-21(13-17)31(34)35/h1-8,13-15H,9-12,16H2. The molecule has 0 N–H and O–H groups in total. The number of fused-ring (bicyclic) bond motifs is 1. The Labute approximate surface area is 214 Å². The average molecular weight is 521 g/mol. The van der Waals surface area contributed by atoms with Crippen molar-refractivity contribution in [2.45, 2.75) is 10.9 Å². The molecule has 0 saturated carbocycles. The molecule has 1 aliphatic rings. The van der Waals surface area contributed by atoms with Crippen LogP contribution < -0.4 is 5.56 Å². The summed E-state index contributed by atoms with van der Waals surface area (Å²) in [6.45, 7) is 1.90. The molecule has 2 heterocycles. The predicted molar refractivity (Wildman–Crippen MR) is 137 cm³/mol. The lowest BCUT2D eigenvalue weighted by molar-refractivity contribution is -0.384. The third-order valence-corrected chi connectivity index (χ3v) is 6.95. The van der Waals surface area contributed by atoms with Crippen LogP contribution in [0.25, 0.3) is 16.6 Å². The van der Waals surface area contributed by atoms with E-state index in [1.165, 1.54) is 46.7 Å². The Kier molecular flexibility index (Phi) is 6.97. The first-order valence-electron chi connectivity index (χ1n) is 11.5. The average Bonchev–Trinajstić information content (AvgIpc) is 2.92. The zero-order chi connectivity index (χ0) is 25.9. The van der Waals surface area contributed by atoms with Gasteiger partial charge in [-0.15, -0.1) is 0 Å². The quantitative estimate of drug-likeness (QED) is 0.162. The number of hydrogen-bond donors (Lipinski definition) is 0. The molecule has 0 spiro atoms. The third-order valence-electron chi connectivity index (χ3n) is 5.94. The lowest BCUT2D eigenvalue weighted by Crippen LogP contribution is -2.40. The molecule has 1 aliphatic heterocycles. The molecule has 37 heavy (non-hydrogen) atoms. The number of amides is 1. The second-order valence-corrected chi connectivity index (χ2v) is 9.31. The molecule has 3 aromatic carbocycles. The maximum Gasteiger partial charge on any atom is 0.269 e. The first kappa shape index (κ1) is 24.6. The Morgan fingerprint density at radius 3 is 2.62 bits per heavy atom. The van der Waals surface area contributed by atoms with Gasteiger partial charge in [0, 0.05) is 36.5 Å². The van der Waals surface area contributed by atoms with Crippen LogP contribution in [0.5, 0.6) is 0 Å². The summed E-state index contributed by atoms with van der Waals surface area (Å²) in [6.07, 6.45) is 0. The fourth-order valence-corrected chi connectivity index (χ4v) is 5.05. The molecule has 1 aromatic heterocycles. The van der Waals surface area contributed by atoms with Crippen LogP contribution in [0.2, 0.25) is 0 Å². The number of nitro benzene ring substituents is 1. The van der Waals surface area contributed by atoms with E-state index in [1.54, 1.807) is 41.3 Å². The molecule has 0 radical (unpaired) electrons. The van der Waals surface area contributed by atoms with Crippen LogP contribution in [0.4, 0.5) is 10.1 Å². The molecular formula is C26H21FN4O5S. The largest absolute Gasteiger partial charge is 0.378 e. The van der Waals surface area contributed by atoms with Gasteiger partial charge in [0.25, 0.3) is 17.2 Å². The number of non-ortho nitro benzene ring substituents is 1. The number of morpholine rings is 1. The van der Waals surface area contributed by atoms with Crippen LogP contribution in [-0.2, 0) is 10.5 Å². The van der Waals surface area contributed by atoms with Gasteiger partial charge in [-0.1, -0.05) is 30.0 Å². The van der Waals surface area contributed by atoms with E-state index >= 15 is 0 Å². The van der Waals surface area contributed by atoms with Gasteiger partial charge >= 0.3 is 0 Å². The van der Waals surface area contributed by atoms with E-state index in [-0.39, 0.29) is 27.9 Å². The number of hydrogen-bond acceptors (Lipinski definition) is 7. The summed E-state index contributed by atoms with van der Waals surface area (Å²) in [5.74, 6) is -0.404. The van der Waals surface area contributed by atoms with Gasteiger partial charge < -0.3 is 9.64 Å². The number of halogens is 1. The van der Waals surface area contributed by atoms with E-state index in [2.05, 4.69) is 4.98 Å². The van der Waals surface area contributed by atoms with E-state index in [9.17, 15) is 24.1 Å². The number of benzene rings is 3. The minimum absolute atomic E-state index is 0.0432. The molecule has 1 fully saturated rings. The van der Waals surface area contributed by atoms with E-state index in [0.717, 1.165) is 0 Å². The maximum absolute atomic E-state index is 14.1.